The minimum absolute atomic E-state index is 0.0421. The molecule has 1 atom stereocenters. The second-order valence-corrected chi connectivity index (χ2v) is 7.70. The molecule has 4 aromatic rings. The number of amides is 1. The molecule has 0 saturated carbocycles. The standard InChI is InChI=1S/C21H18F3N7O/c1-11-3-2-4-30(11)20-16(24)5-12(8-26-20)31-10-19(28-29-31)21(32)27-18-9-25-17-7-15(23)14(22)6-13(17)18/h5-11,25H,2-4H2,1H3,(H,27,32)/t11-/m0/s1. The molecule has 1 amide bonds. The topological polar surface area (TPSA) is 91.7 Å². The lowest BCUT2D eigenvalue weighted by Gasteiger charge is -2.23. The summed E-state index contributed by atoms with van der Waals surface area (Å²) in [7, 11) is 0. The van der Waals surface area contributed by atoms with Gasteiger partial charge in [0, 0.05) is 36.3 Å². The van der Waals surface area contributed by atoms with E-state index in [1.807, 2.05) is 11.8 Å². The van der Waals surface area contributed by atoms with Crippen LogP contribution < -0.4 is 10.2 Å². The number of H-pyrrole nitrogens is 1. The number of fused-ring (bicyclic) bond motifs is 1. The summed E-state index contributed by atoms with van der Waals surface area (Å²) < 4.78 is 42.9. The molecule has 1 aliphatic heterocycles. The molecule has 1 saturated heterocycles. The summed E-state index contributed by atoms with van der Waals surface area (Å²) in [4.78, 5) is 21.5. The van der Waals surface area contributed by atoms with E-state index in [4.69, 9.17) is 0 Å². The Morgan fingerprint density at radius 3 is 2.75 bits per heavy atom. The Hall–Kier alpha value is -3.89. The van der Waals surface area contributed by atoms with Gasteiger partial charge in [-0.2, -0.15) is 0 Å². The molecule has 11 heteroatoms. The average molecular weight is 441 g/mol. The lowest BCUT2D eigenvalue weighted by Crippen LogP contribution is -2.28. The summed E-state index contributed by atoms with van der Waals surface area (Å²) in [5, 5.41) is 10.6. The quantitative estimate of drug-likeness (QED) is 0.503. The van der Waals surface area contributed by atoms with Crippen LogP contribution >= 0.6 is 0 Å². The SMILES string of the molecule is C[C@H]1CCCN1c1ncc(-n2cc(C(=O)Nc3c[nH]c4cc(F)c(F)cc34)nn2)cc1F. The molecule has 4 heterocycles. The van der Waals surface area contributed by atoms with Crippen LogP contribution in [0.4, 0.5) is 24.7 Å². The van der Waals surface area contributed by atoms with Crippen molar-refractivity contribution in [3.63, 3.8) is 0 Å². The number of halogens is 3. The number of benzene rings is 1. The predicted octanol–water partition coefficient (Wildman–Crippen LogP) is 3.80. The smallest absolute Gasteiger partial charge is 0.277 e. The number of nitrogens with one attached hydrogen (secondary N) is 2. The second kappa shape index (κ2) is 7.66. The second-order valence-electron chi connectivity index (χ2n) is 7.70. The van der Waals surface area contributed by atoms with E-state index in [0.29, 0.717) is 22.4 Å². The highest BCUT2D eigenvalue weighted by Gasteiger charge is 2.24. The molecule has 0 bridgehead atoms. The van der Waals surface area contributed by atoms with Crippen molar-refractivity contribution < 1.29 is 18.0 Å². The molecule has 1 aliphatic rings. The highest BCUT2D eigenvalue weighted by Crippen LogP contribution is 2.27. The van der Waals surface area contributed by atoms with Gasteiger partial charge in [-0.15, -0.1) is 5.10 Å². The van der Waals surface area contributed by atoms with Gasteiger partial charge in [-0.1, -0.05) is 5.21 Å². The summed E-state index contributed by atoms with van der Waals surface area (Å²) in [6.45, 7) is 2.78. The summed E-state index contributed by atoms with van der Waals surface area (Å²) in [5.74, 6) is -2.82. The highest BCUT2D eigenvalue weighted by molar-refractivity contribution is 6.07. The Labute approximate surface area is 180 Å². The molecular formula is C21H18F3N7O. The first-order valence-corrected chi connectivity index (χ1v) is 10.0. The van der Waals surface area contributed by atoms with E-state index in [2.05, 4.69) is 25.6 Å². The van der Waals surface area contributed by atoms with Gasteiger partial charge < -0.3 is 15.2 Å². The number of nitrogens with zero attached hydrogens (tertiary/aromatic N) is 5. The van der Waals surface area contributed by atoms with Gasteiger partial charge in [-0.25, -0.2) is 22.8 Å². The predicted molar refractivity (Wildman–Crippen MR) is 111 cm³/mol. The number of carbonyl (C=O) groups excluding carboxylic acids is 1. The van der Waals surface area contributed by atoms with Crippen LogP contribution in [0.15, 0.2) is 36.8 Å². The van der Waals surface area contributed by atoms with Gasteiger partial charge in [-0.3, -0.25) is 4.79 Å². The molecule has 164 valence electrons. The average Bonchev–Trinajstić information content (AvgIpc) is 3.50. The normalized spacial score (nSPS) is 16.1. The van der Waals surface area contributed by atoms with Gasteiger partial charge in [-0.05, 0) is 25.8 Å². The molecule has 8 nitrogen and oxygen atoms in total. The number of aromatic nitrogens is 5. The van der Waals surface area contributed by atoms with Crippen molar-refractivity contribution in [1.82, 2.24) is 25.0 Å². The Morgan fingerprint density at radius 1 is 1.19 bits per heavy atom. The van der Waals surface area contributed by atoms with E-state index in [9.17, 15) is 18.0 Å². The summed E-state index contributed by atoms with van der Waals surface area (Å²) >= 11 is 0. The molecule has 1 fully saturated rings. The van der Waals surface area contributed by atoms with Crippen LogP contribution in [-0.4, -0.2) is 43.5 Å². The third-order valence-electron chi connectivity index (χ3n) is 5.59. The van der Waals surface area contributed by atoms with E-state index >= 15 is 0 Å². The first-order chi connectivity index (χ1) is 15.4. The van der Waals surface area contributed by atoms with Gasteiger partial charge in [0.15, 0.2) is 29.0 Å². The van der Waals surface area contributed by atoms with Crippen molar-refractivity contribution in [3.05, 3.63) is 59.9 Å². The van der Waals surface area contributed by atoms with Crippen molar-refractivity contribution in [2.24, 2.45) is 0 Å². The van der Waals surface area contributed by atoms with Crippen molar-refractivity contribution in [1.29, 1.82) is 0 Å². The summed E-state index contributed by atoms with van der Waals surface area (Å²) in [6, 6.07) is 3.51. The fraction of sp³-hybridized carbons (Fsp3) is 0.238. The largest absolute Gasteiger partial charge is 0.359 e. The third-order valence-corrected chi connectivity index (χ3v) is 5.59. The maximum atomic E-state index is 14.7. The minimum atomic E-state index is -1.03. The van der Waals surface area contributed by atoms with Crippen molar-refractivity contribution in [3.8, 4) is 5.69 Å². The summed E-state index contributed by atoms with van der Waals surface area (Å²) in [5.41, 5.74) is 0.862. The van der Waals surface area contributed by atoms with Crippen LogP contribution in [0, 0.1) is 17.5 Å². The number of hydrogen-bond donors (Lipinski definition) is 2. The Balaban J connectivity index is 1.36. The number of aromatic amines is 1. The van der Waals surface area contributed by atoms with Crippen LogP contribution in [0.25, 0.3) is 16.6 Å². The van der Waals surface area contributed by atoms with Gasteiger partial charge in [0.25, 0.3) is 5.91 Å². The first kappa shape index (κ1) is 20.0. The van der Waals surface area contributed by atoms with E-state index < -0.39 is 23.4 Å². The first-order valence-electron chi connectivity index (χ1n) is 10.0. The van der Waals surface area contributed by atoms with Crippen molar-refractivity contribution in [2.75, 3.05) is 16.8 Å². The zero-order chi connectivity index (χ0) is 22.4. The summed E-state index contributed by atoms with van der Waals surface area (Å²) in [6.07, 6.45) is 6.20. The van der Waals surface area contributed by atoms with Gasteiger partial charge >= 0.3 is 0 Å². The Morgan fingerprint density at radius 2 is 2.00 bits per heavy atom. The van der Waals surface area contributed by atoms with Crippen LogP contribution in [0.5, 0.6) is 0 Å². The van der Waals surface area contributed by atoms with Crippen LogP contribution in [-0.2, 0) is 0 Å². The van der Waals surface area contributed by atoms with Crippen LogP contribution in [0.1, 0.15) is 30.3 Å². The fourth-order valence-electron chi connectivity index (χ4n) is 3.91. The molecule has 0 aliphatic carbocycles. The van der Waals surface area contributed by atoms with Gasteiger partial charge in [0.1, 0.15) is 0 Å². The Bertz CT molecular complexity index is 1330. The van der Waals surface area contributed by atoms with E-state index in [-0.39, 0.29) is 17.4 Å². The van der Waals surface area contributed by atoms with Crippen LogP contribution in [0.2, 0.25) is 0 Å². The van der Waals surface area contributed by atoms with E-state index in [0.717, 1.165) is 31.5 Å². The lowest BCUT2D eigenvalue weighted by atomic mass is 10.2. The molecule has 0 radical (unpaired) electrons. The van der Waals surface area contributed by atoms with Gasteiger partial charge in [0.05, 0.1) is 29.3 Å². The minimum Gasteiger partial charge on any atom is -0.359 e. The van der Waals surface area contributed by atoms with E-state index in [1.165, 1.54) is 29.3 Å². The number of carbonyl (C=O) groups is 1. The number of rotatable bonds is 4. The van der Waals surface area contributed by atoms with Gasteiger partial charge in [0.2, 0.25) is 0 Å². The molecule has 32 heavy (non-hydrogen) atoms. The third kappa shape index (κ3) is 3.45. The fourth-order valence-corrected chi connectivity index (χ4v) is 3.91. The molecule has 3 aromatic heterocycles. The number of anilines is 2. The van der Waals surface area contributed by atoms with Crippen LogP contribution in [0.3, 0.4) is 0 Å². The Kier molecular flexibility index (Phi) is 4.80. The number of hydrogen-bond acceptors (Lipinski definition) is 5. The van der Waals surface area contributed by atoms with E-state index in [1.54, 1.807) is 0 Å². The number of pyridine rings is 1. The maximum Gasteiger partial charge on any atom is 0.277 e. The molecule has 2 N–H and O–H groups in total. The lowest BCUT2D eigenvalue weighted by molar-refractivity contribution is 0.102. The maximum absolute atomic E-state index is 14.7. The van der Waals surface area contributed by atoms with Crippen molar-refractivity contribution >= 4 is 28.3 Å². The zero-order valence-electron chi connectivity index (χ0n) is 16.9. The molecule has 0 unspecified atom stereocenters. The molecule has 0 spiro atoms. The molecular weight excluding hydrogens is 423 g/mol. The monoisotopic (exact) mass is 441 g/mol. The highest BCUT2D eigenvalue weighted by atomic mass is 19.2. The molecule has 5 rings (SSSR count). The molecule has 1 aromatic carbocycles. The van der Waals surface area contributed by atoms with Crippen molar-refractivity contribution in [2.45, 2.75) is 25.8 Å². The zero-order valence-corrected chi connectivity index (χ0v) is 16.9.